The van der Waals surface area contributed by atoms with Crippen molar-refractivity contribution in [1.82, 2.24) is 0 Å². The molecule has 4 unspecified atom stereocenters. The van der Waals surface area contributed by atoms with E-state index in [2.05, 4.69) is 26.0 Å². The molecule has 2 aliphatic rings. The molecule has 1 aromatic rings. The van der Waals surface area contributed by atoms with Crippen LogP contribution in [0, 0.1) is 17.8 Å². The van der Waals surface area contributed by atoms with E-state index in [-0.39, 0.29) is 12.5 Å². The van der Waals surface area contributed by atoms with Crippen LogP contribution in [0.5, 0.6) is 5.75 Å². The van der Waals surface area contributed by atoms with Crippen LogP contribution in [0.25, 0.3) is 0 Å². The Hall–Kier alpha value is -1.81. The number of methoxy groups -OCH3 is 1. The highest BCUT2D eigenvalue weighted by Gasteiger charge is 2.33. The minimum atomic E-state index is -0.754. The summed E-state index contributed by atoms with van der Waals surface area (Å²) >= 11 is 0. The molecule has 186 valence electrons. The zero-order chi connectivity index (χ0) is 23.9. The van der Waals surface area contributed by atoms with Crippen molar-refractivity contribution in [2.24, 2.45) is 17.8 Å². The zero-order valence-corrected chi connectivity index (χ0v) is 21.1. The molecule has 4 nitrogen and oxygen atoms in total. The van der Waals surface area contributed by atoms with Gasteiger partial charge in [0, 0.05) is 6.42 Å². The smallest absolute Gasteiger partial charge is 0.303 e. The maximum Gasteiger partial charge on any atom is 0.303 e. The van der Waals surface area contributed by atoms with Crippen LogP contribution >= 0.6 is 0 Å². The molecule has 1 N–H and O–H groups in total. The number of rotatable bonds is 15. The molecule has 4 atom stereocenters. The molecule has 0 aromatic heterocycles. The van der Waals surface area contributed by atoms with Gasteiger partial charge in [0.1, 0.15) is 5.75 Å². The average Bonchev–Trinajstić information content (AvgIpc) is 3.46. The Morgan fingerprint density at radius 1 is 1.00 bits per heavy atom. The minimum absolute atomic E-state index is 0.0226. The standard InChI is InChI=1S/C20H32O4.C9H14/c1-3-4-5-6-7-8-9-19(14-15-20(21)22)24-16-17-10-12-18(23-2)13-11-17;1-2-8-5-7-3-4-9(8)6-7/h10-13,19H,3-9,14-16H2,1-2H3,(H,21,22);3-4,7-9H,2,5-6H2,1H3. The van der Waals surface area contributed by atoms with Gasteiger partial charge in [-0.25, -0.2) is 0 Å². The molecule has 33 heavy (non-hydrogen) atoms. The number of benzene rings is 1. The lowest BCUT2D eigenvalue weighted by Gasteiger charge is -2.17. The molecule has 1 aromatic carbocycles. The van der Waals surface area contributed by atoms with E-state index in [9.17, 15) is 4.79 Å². The molecular formula is C29H46O4. The van der Waals surface area contributed by atoms with E-state index >= 15 is 0 Å². The van der Waals surface area contributed by atoms with Crippen LogP contribution < -0.4 is 4.74 Å². The summed E-state index contributed by atoms with van der Waals surface area (Å²) in [5, 5.41) is 8.90. The first-order valence-corrected chi connectivity index (χ1v) is 13.2. The van der Waals surface area contributed by atoms with Crippen molar-refractivity contribution in [2.75, 3.05) is 7.11 Å². The van der Waals surface area contributed by atoms with Crippen LogP contribution in [0.3, 0.4) is 0 Å². The normalized spacial score (nSPS) is 21.5. The van der Waals surface area contributed by atoms with Crippen molar-refractivity contribution >= 4 is 5.97 Å². The van der Waals surface area contributed by atoms with Crippen molar-refractivity contribution in [3.63, 3.8) is 0 Å². The highest BCUT2D eigenvalue weighted by Crippen LogP contribution is 2.44. The number of aliphatic carboxylic acids is 1. The van der Waals surface area contributed by atoms with Gasteiger partial charge in [-0.2, -0.15) is 0 Å². The number of allylic oxidation sites excluding steroid dienone is 2. The topological polar surface area (TPSA) is 55.8 Å². The average molecular weight is 459 g/mol. The monoisotopic (exact) mass is 458 g/mol. The summed E-state index contributed by atoms with van der Waals surface area (Å²) in [6, 6.07) is 7.80. The third-order valence-corrected chi connectivity index (χ3v) is 7.15. The molecule has 0 heterocycles. The number of hydrogen-bond acceptors (Lipinski definition) is 3. The first kappa shape index (κ1) is 27.4. The number of fused-ring (bicyclic) bond motifs is 2. The number of carboxylic acids is 1. The van der Waals surface area contributed by atoms with Gasteiger partial charge in [0.2, 0.25) is 0 Å². The molecule has 3 rings (SSSR count). The highest BCUT2D eigenvalue weighted by atomic mass is 16.5. The van der Waals surface area contributed by atoms with E-state index in [1.54, 1.807) is 7.11 Å². The van der Waals surface area contributed by atoms with E-state index in [0.717, 1.165) is 41.9 Å². The molecule has 0 aliphatic heterocycles. The summed E-state index contributed by atoms with van der Waals surface area (Å²) in [5.74, 6) is 3.06. The van der Waals surface area contributed by atoms with Crippen LogP contribution in [0.2, 0.25) is 0 Å². The van der Waals surface area contributed by atoms with Gasteiger partial charge in [0.05, 0.1) is 19.8 Å². The summed E-state index contributed by atoms with van der Waals surface area (Å²) < 4.78 is 11.1. The number of carboxylic acid groups (broad SMARTS) is 1. The van der Waals surface area contributed by atoms with E-state index in [4.69, 9.17) is 14.6 Å². The van der Waals surface area contributed by atoms with Gasteiger partial charge < -0.3 is 14.6 Å². The van der Waals surface area contributed by atoms with Gasteiger partial charge in [-0.3, -0.25) is 4.79 Å². The van der Waals surface area contributed by atoms with Gasteiger partial charge in [-0.15, -0.1) is 0 Å². The van der Waals surface area contributed by atoms with Gasteiger partial charge in [0.15, 0.2) is 0 Å². The quantitative estimate of drug-likeness (QED) is 0.215. The second-order valence-corrected chi connectivity index (χ2v) is 9.72. The fourth-order valence-electron chi connectivity index (χ4n) is 5.05. The number of unbranched alkanes of at least 4 members (excludes halogenated alkanes) is 5. The summed E-state index contributed by atoms with van der Waals surface area (Å²) in [4.78, 5) is 10.8. The zero-order valence-electron chi connectivity index (χ0n) is 21.1. The molecule has 2 bridgehead atoms. The van der Waals surface area contributed by atoms with Gasteiger partial charge in [-0.05, 0) is 61.1 Å². The summed E-state index contributed by atoms with van der Waals surface area (Å²) in [5.41, 5.74) is 1.08. The van der Waals surface area contributed by atoms with Crippen molar-refractivity contribution in [1.29, 1.82) is 0 Å². The van der Waals surface area contributed by atoms with Crippen LogP contribution in [-0.2, 0) is 16.1 Å². The maximum atomic E-state index is 10.8. The molecule has 0 spiro atoms. The molecular weight excluding hydrogens is 412 g/mol. The van der Waals surface area contributed by atoms with Crippen LogP contribution in [-0.4, -0.2) is 24.3 Å². The number of ether oxygens (including phenoxy) is 2. The third kappa shape index (κ3) is 10.8. The van der Waals surface area contributed by atoms with E-state index < -0.39 is 5.97 Å². The molecule has 0 radical (unpaired) electrons. The summed E-state index contributed by atoms with van der Waals surface area (Å²) in [6.45, 7) is 5.05. The Morgan fingerprint density at radius 3 is 2.27 bits per heavy atom. The highest BCUT2D eigenvalue weighted by molar-refractivity contribution is 5.66. The molecule has 0 amide bonds. The van der Waals surface area contributed by atoms with Crippen LogP contribution in [0.1, 0.15) is 96.5 Å². The second kappa shape index (κ2) is 15.9. The Labute approximate surface area is 201 Å². The lowest BCUT2D eigenvalue weighted by atomic mass is 9.91. The van der Waals surface area contributed by atoms with E-state index in [1.807, 2.05) is 24.3 Å². The molecule has 0 saturated heterocycles. The first-order valence-electron chi connectivity index (χ1n) is 13.2. The minimum Gasteiger partial charge on any atom is -0.497 e. The van der Waals surface area contributed by atoms with Gasteiger partial charge in [-0.1, -0.05) is 83.1 Å². The predicted molar refractivity (Wildman–Crippen MR) is 136 cm³/mol. The van der Waals surface area contributed by atoms with Crippen molar-refractivity contribution in [3.05, 3.63) is 42.0 Å². The van der Waals surface area contributed by atoms with E-state index in [0.29, 0.717) is 13.0 Å². The Kier molecular flexibility index (Phi) is 13.2. The number of carbonyl (C=O) groups is 1. The maximum absolute atomic E-state index is 10.8. The molecule has 2 aliphatic carbocycles. The van der Waals surface area contributed by atoms with Crippen molar-refractivity contribution in [3.8, 4) is 5.75 Å². The lowest BCUT2D eigenvalue weighted by molar-refractivity contribution is -0.138. The molecule has 4 heteroatoms. The Balaban J connectivity index is 0.000000349. The fourth-order valence-corrected chi connectivity index (χ4v) is 5.05. The Morgan fingerprint density at radius 2 is 1.73 bits per heavy atom. The largest absolute Gasteiger partial charge is 0.497 e. The Bertz CT molecular complexity index is 681. The van der Waals surface area contributed by atoms with Crippen LogP contribution in [0.4, 0.5) is 0 Å². The van der Waals surface area contributed by atoms with Crippen molar-refractivity contribution < 1.29 is 19.4 Å². The first-order chi connectivity index (χ1) is 16.0. The summed E-state index contributed by atoms with van der Waals surface area (Å²) in [7, 11) is 1.65. The summed E-state index contributed by atoms with van der Waals surface area (Å²) in [6.07, 6.45) is 18.3. The predicted octanol–water partition coefficient (Wildman–Crippen LogP) is 7.80. The second-order valence-electron chi connectivity index (χ2n) is 9.72. The number of hydrogen-bond donors (Lipinski definition) is 1. The van der Waals surface area contributed by atoms with E-state index in [1.165, 1.54) is 51.4 Å². The molecule has 1 saturated carbocycles. The van der Waals surface area contributed by atoms with Gasteiger partial charge in [0.25, 0.3) is 0 Å². The van der Waals surface area contributed by atoms with Gasteiger partial charge >= 0.3 is 5.97 Å². The SMILES string of the molecule is CCC1CC2C=CC1C2.CCCCCCCCC(CCC(=O)O)OCc1ccc(OC)cc1. The van der Waals surface area contributed by atoms with Crippen molar-refractivity contribution in [2.45, 2.75) is 104 Å². The molecule has 1 fully saturated rings. The van der Waals surface area contributed by atoms with Crippen LogP contribution in [0.15, 0.2) is 36.4 Å². The third-order valence-electron chi connectivity index (χ3n) is 7.15. The lowest BCUT2D eigenvalue weighted by Crippen LogP contribution is -2.15. The fraction of sp³-hybridized carbons (Fsp3) is 0.690.